The molecule has 1 heterocycles. The summed E-state index contributed by atoms with van der Waals surface area (Å²) in [5.41, 5.74) is 5.95. The Bertz CT molecular complexity index is 455. The van der Waals surface area contributed by atoms with Crippen LogP contribution in [0.5, 0.6) is 5.75 Å². The molecule has 1 unspecified atom stereocenters. The van der Waals surface area contributed by atoms with Crippen LogP contribution in [0.2, 0.25) is 0 Å². The molecule has 1 aromatic rings. The van der Waals surface area contributed by atoms with Crippen molar-refractivity contribution in [2.75, 3.05) is 33.5 Å². The van der Waals surface area contributed by atoms with E-state index in [2.05, 4.69) is 5.32 Å². The van der Waals surface area contributed by atoms with Gasteiger partial charge < -0.3 is 25.3 Å². The summed E-state index contributed by atoms with van der Waals surface area (Å²) in [5.74, 6) is 0.152. The van der Waals surface area contributed by atoms with Crippen LogP contribution in [0, 0.1) is 0 Å². The first-order valence-electron chi connectivity index (χ1n) is 6.97. The largest absolute Gasteiger partial charge is 0.484 e. The molecule has 1 aromatic carbocycles. The van der Waals surface area contributed by atoms with E-state index in [4.69, 9.17) is 19.9 Å². The first-order chi connectivity index (χ1) is 10.1. The van der Waals surface area contributed by atoms with Gasteiger partial charge in [0.05, 0.1) is 6.61 Å². The molecular weight excluding hydrogens is 272 g/mol. The van der Waals surface area contributed by atoms with Gasteiger partial charge in [-0.15, -0.1) is 0 Å². The summed E-state index contributed by atoms with van der Waals surface area (Å²) in [7, 11) is 1.72. The zero-order valence-corrected chi connectivity index (χ0v) is 12.3. The van der Waals surface area contributed by atoms with Crippen molar-refractivity contribution in [1.29, 1.82) is 0 Å². The average Bonchev–Trinajstić information content (AvgIpc) is 2.96. The molecule has 0 saturated carbocycles. The first kappa shape index (κ1) is 15.8. The fourth-order valence-electron chi connectivity index (χ4n) is 2.25. The van der Waals surface area contributed by atoms with Crippen LogP contribution in [0.4, 0.5) is 0 Å². The van der Waals surface area contributed by atoms with Gasteiger partial charge in [-0.25, -0.2) is 0 Å². The Balaban J connectivity index is 1.77. The molecule has 0 spiro atoms. The normalized spacial score (nSPS) is 21.4. The van der Waals surface area contributed by atoms with E-state index < -0.39 is 5.91 Å². The molecule has 0 bridgehead atoms. The van der Waals surface area contributed by atoms with Crippen LogP contribution in [0.25, 0.3) is 0 Å². The summed E-state index contributed by atoms with van der Waals surface area (Å²) >= 11 is 0. The Morgan fingerprint density at radius 1 is 1.43 bits per heavy atom. The predicted octanol–water partition coefficient (Wildman–Crippen LogP) is 0.446. The van der Waals surface area contributed by atoms with E-state index in [1.807, 2.05) is 24.3 Å². The highest BCUT2D eigenvalue weighted by Crippen LogP contribution is 2.21. The van der Waals surface area contributed by atoms with E-state index in [0.29, 0.717) is 12.4 Å². The number of nitrogens with one attached hydrogen (secondary N) is 1. The number of carbonyl (C=O) groups is 1. The van der Waals surface area contributed by atoms with Crippen LogP contribution >= 0.6 is 0 Å². The van der Waals surface area contributed by atoms with Crippen molar-refractivity contribution < 1.29 is 19.0 Å². The van der Waals surface area contributed by atoms with Gasteiger partial charge in [0.2, 0.25) is 0 Å². The van der Waals surface area contributed by atoms with Crippen LogP contribution in [-0.4, -0.2) is 45.0 Å². The Labute approximate surface area is 124 Å². The Morgan fingerprint density at radius 3 is 2.76 bits per heavy atom. The summed E-state index contributed by atoms with van der Waals surface area (Å²) in [6.07, 6.45) is 0.913. The third kappa shape index (κ3) is 4.70. The molecule has 3 N–H and O–H groups in total. The first-order valence-corrected chi connectivity index (χ1v) is 6.97. The molecule has 6 heteroatoms. The minimum Gasteiger partial charge on any atom is -0.484 e. The second-order valence-corrected chi connectivity index (χ2v) is 5.19. The molecule has 1 fully saturated rings. The van der Waals surface area contributed by atoms with E-state index in [1.54, 1.807) is 7.11 Å². The maximum Gasteiger partial charge on any atom is 0.255 e. The second-order valence-electron chi connectivity index (χ2n) is 5.19. The monoisotopic (exact) mass is 294 g/mol. The van der Waals surface area contributed by atoms with E-state index in [-0.39, 0.29) is 12.2 Å². The molecule has 0 aliphatic carbocycles. The molecular formula is C15H22N2O4. The highest BCUT2D eigenvalue weighted by atomic mass is 16.5. The maximum atomic E-state index is 10.6. The molecule has 0 aromatic heterocycles. The van der Waals surface area contributed by atoms with Gasteiger partial charge in [0.15, 0.2) is 6.61 Å². The number of amides is 1. The molecule has 6 nitrogen and oxygen atoms in total. The highest BCUT2D eigenvalue weighted by Gasteiger charge is 2.34. The zero-order valence-electron chi connectivity index (χ0n) is 12.3. The average molecular weight is 294 g/mol. The number of nitrogens with two attached hydrogens (primary N) is 1. The number of ether oxygens (including phenoxy) is 3. The topological polar surface area (TPSA) is 82.8 Å². The van der Waals surface area contributed by atoms with Gasteiger partial charge in [0.1, 0.15) is 11.4 Å². The van der Waals surface area contributed by atoms with Crippen LogP contribution in [0.1, 0.15) is 12.0 Å². The standard InChI is InChI=1S/C15H22N2O4/c1-19-15(6-7-20-11-15)10-17-8-12-2-4-13(5-3-12)21-9-14(16)18/h2-5,17H,6-11H2,1H3,(H2,16,18). The van der Waals surface area contributed by atoms with Crippen molar-refractivity contribution in [3.63, 3.8) is 0 Å². The minimum atomic E-state index is -0.482. The Kier molecular flexibility index (Phi) is 5.55. The lowest BCUT2D eigenvalue weighted by molar-refractivity contribution is -0.119. The summed E-state index contributed by atoms with van der Waals surface area (Å²) in [6, 6.07) is 7.55. The van der Waals surface area contributed by atoms with Crippen molar-refractivity contribution in [1.82, 2.24) is 5.32 Å². The molecule has 2 rings (SSSR count). The minimum absolute atomic E-state index is 0.103. The van der Waals surface area contributed by atoms with Crippen molar-refractivity contribution in [2.24, 2.45) is 5.73 Å². The second kappa shape index (κ2) is 7.40. The fourth-order valence-corrected chi connectivity index (χ4v) is 2.25. The zero-order chi connectivity index (χ0) is 15.1. The summed E-state index contributed by atoms with van der Waals surface area (Å²) < 4.78 is 16.2. The van der Waals surface area contributed by atoms with Crippen molar-refractivity contribution in [3.8, 4) is 5.75 Å². The fraction of sp³-hybridized carbons (Fsp3) is 0.533. The lowest BCUT2D eigenvalue weighted by Gasteiger charge is -2.26. The Hall–Kier alpha value is -1.63. The molecule has 1 aliphatic rings. The van der Waals surface area contributed by atoms with Crippen molar-refractivity contribution in [2.45, 2.75) is 18.6 Å². The quantitative estimate of drug-likeness (QED) is 0.727. The highest BCUT2D eigenvalue weighted by molar-refractivity contribution is 5.75. The third-order valence-electron chi connectivity index (χ3n) is 3.58. The third-order valence-corrected chi connectivity index (χ3v) is 3.58. The lowest BCUT2D eigenvalue weighted by atomic mass is 10.0. The number of carbonyl (C=O) groups excluding carboxylic acids is 1. The lowest BCUT2D eigenvalue weighted by Crippen LogP contribution is -2.42. The van der Waals surface area contributed by atoms with Gasteiger partial charge in [-0.1, -0.05) is 12.1 Å². The summed E-state index contributed by atoms with van der Waals surface area (Å²) in [4.78, 5) is 10.6. The molecule has 0 radical (unpaired) electrons. The smallest absolute Gasteiger partial charge is 0.255 e. The van der Waals surface area contributed by atoms with Gasteiger partial charge in [0.25, 0.3) is 5.91 Å². The van der Waals surface area contributed by atoms with Crippen molar-refractivity contribution in [3.05, 3.63) is 29.8 Å². The Morgan fingerprint density at radius 2 is 2.19 bits per heavy atom. The SMILES string of the molecule is COC1(CNCc2ccc(OCC(N)=O)cc2)CCOC1. The van der Waals surface area contributed by atoms with Gasteiger partial charge in [-0.3, -0.25) is 4.79 Å². The number of hydrogen-bond donors (Lipinski definition) is 2. The van der Waals surface area contributed by atoms with E-state index >= 15 is 0 Å². The molecule has 1 atom stereocenters. The number of rotatable bonds is 8. The van der Waals surface area contributed by atoms with Crippen LogP contribution in [0.3, 0.4) is 0 Å². The molecule has 116 valence electrons. The van der Waals surface area contributed by atoms with Gasteiger partial charge in [-0.2, -0.15) is 0 Å². The van der Waals surface area contributed by atoms with E-state index in [1.165, 1.54) is 0 Å². The number of hydrogen-bond acceptors (Lipinski definition) is 5. The number of methoxy groups -OCH3 is 1. The predicted molar refractivity (Wildman–Crippen MR) is 78.0 cm³/mol. The van der Waals surface area contributed by atoms with Crippen LogP contribution in [0.15, 0.2) is 24.3 Å². The molecule has 1 saturated heterocycles. The summed E-state index contributed by atoms with van der Waals surface area (Å²) in [5, 5.41) is 3.39. The van der Waals surface area contributed by atoms with Crippen LogP contribution in [-0.2, 0) is 20.8 Å². The van der Waals surface area contributed by atoms with Crippen molar-refractivity contribution >= 4 is 5.91 Å². The molecule has 1 amide bonds. The number of primary amides is 1. The van der Waals surface area contributed by atoms with E-state index in [0.717, 1.165) is 31.7 Å². The molecule has 21 heavy (non-hydrogen) atoms. The molecule has 1 aliphatic heterocycles. The number of benzene rings is 1. The van der Waals surface area contributed by atoms with Gasteiger partial charge >= 0.3 is 0 Å². The van der Waals surface area contributed by atoms with Gasteiger partial charge in [-0.05, 0) is 17.7 Å². The summed E-state index contributed by atoms with van der Waals surface area (Å²) in [6.45, 7) is 2.77. The van der Waals surface area contributed by atoms with Crippen LogP contribution < -0.4 is 15.8 Å². The van der Waals surface area contributed by atoms with E-state index in [9.17, 15) is 4.79 Å². The maximum absolute atomic E-state index is 10.6. The van der Waals surface area contributed by atoms with Gasteiger partial charge in [0, 0.05) is 33.2 Å².